The summed E-state index contributed by atoms with van der Waals surface area (Å²) in [6.45, 7) is 0. The van der Waals surface area contributed by atoms with Gasteiger partial charge in [0.15, 0.2) is 0 Å². The molecule has 0 aromatic carbocycles. The van der Waals surface area contributed by atoms with Gasteiger partial charge in [-0.2, -0.15) is 0 Å². The predicted molar refractivity (Wildman–Crippen MR) is 49.8 cm³/mol. The molecule has 2 aromatic heterocycles. The molecule has 0 fully saturated rings. The van der Waals surface area contributed by atoms with E-state index in [0.717, 1.165) is 6.20 Å². The molecule has 0 spiro atoms. The van der Waals surface area contributed by atoms with Gasteiger partial charge < -0.3 is 10.2 Å². The Morgan fingerprint density at radius 2 is 2.25 bits per heavy atom. The average Bonchev–Trinajstić information content (AvgIpc) is 2.70. The van der Waals surface area contributed by atoms with Gasteiger partial charge in [0.1, 0.15) is 5.82 Å². The lowest BCUT2D eigenvalue weighted by molar-refractivity contribution is 0.0965. The fourth-order valence-corrected chi connectivity index (χ4v) is 1.09. The largest absolute Gasteiger partial charge is 0.417 e. The van der Waals surface area contributed by atoms with Gasteiger partial charge in [-0.25, -0.2) is 4.39 Å². The first-order valence-electron chi connectivity index (χ1n) is 4.38. The lowest BCUT2D eigenvalue weighted by atomic mass is 10.3. The van der Waals surface area contributed by atoms with Gasteiger partial charge >= 0.3 is 11.8 Å². The quantitative estimate of drug-likeness (QED) is 0.805. The van der Waals surface area contributed by atoms with Gasteiger partial charge in [-0.05, 0) is 12.1 Å². The Kier molecular flexibility index (Phi) is 2.59. The third-order valence-corrected chi connectivity index (χ3v) is 1.80. The van der Waals surface area contributed by atoms with Gasteiger partial charge in [0, 0.05) is 5.69 Å². The van der Waals surface area contributed by atoms with Crippen molar-refractivity contribution < 1.29 is 13.6 Å². The number of nitrogens with zero attached hydrogens (tertiary/aromatic N) is 3. The Balaban J connectivity index is 2.14. The zero-order valence-electron chi connectivity index (χ0n) is 8.05. The fourth-order valence-electron chi connectivity index (χ4n) is 1.09. The van der Waals surface area contributed by atoms with E-state index >= 15 is 0 Å². The fraction of sp³-hybridized carbons (Fsp3) is 0.111. The molecule has 7 heteroatoms. The second kappa shape index (κ2) is 4.05. The minimum atomic E-state index is -0.786. The maximum absolute atomic E-state index is 12.6. The van der Waals surface area contributed by atoms with E-state index in [-0.39, 0.29) is 18.2 Å². The third kappa shape index (κ3) is 2.19. The molecule has 16 heavy (non-hydrogen) atoms. The van der Waals surface area contributed by atoms with E-state index in [2.05, 4.69) is 15.2 Å². The molecule has 0 radical (unpaired) electrons. The van der Waals surface area contributed by atoms with Crippen molar-refractivity contribution in [2.24, 2.45) is 5.73 Å². The summed E-state index contributed by atoms with van der Waals surface area (Å²) in [4.78, 5) is 14.5. The van der Waals surface area contributed by atoms with Crippen molar-refractivity contribution in [3.05, 3.63) is 41.6 Å². The van der Waals surface area contributed by atoms with E-state index in [9.17, 15) is 9.18 Å². The maximum atomic E-state index is 12.6. The highest BCUT2D eigenvalue weighted by Gasteiger charge is 2.11. The summed E-state index contributed by atoms with van der Waals surface area (Å²) in [5, 5.41) is 7.04. The summed E-state index contributed by atoms with van der Waals surface area (Å²) < 4.78 is 17.5. The zero-order chi connectivity index (χ0) is 11.5. The Labute approximate surface area is 89.3 Å². The van der Waals surface area contributed by atoms with Crippen molar-refractivity contribution in [3.8, 4) is 0 Å². The number of hydrogen-bond acceptors (Lipinski definition) is 5. The maximum Gasteiger partial charge on any atom is 0.306 e. The Morgan fingerprint density at radius 1 is 1.44 bits per heavy atom. The highest BCUT2D eigenvalue weighted by molar-refractivity contribution is 5.87. The van der Waals surface area contributed by atoms with Crippen molar-refractivity contribution in [2.75, 3.05) is 0 Å². The first kappa shape index (κ1) is 10.2. The molecule has 2 N–H and O–H groups in total. The molecule has 82 valence electrons. The number of primary amides is 1. The Morgan fingerprint density at radius 3 is 2.81 bits per heavy atom. The lowest BCUT2D eigenvalue weighted by Gasteiger charge is -1.94. The molecule has 0 aliphatic heterocycles. The second-order valence-corrected chi connectivity index (χ2v) is 3.01. The Hall–Kier alpha value is -2.31. The van der Waals surface area contributed by atoms with Gasteiger partial charge in [0.2, 0.25) is 5.89 Å². The molecule has 2 heterocycles. The molecule has 2 rings (SSSR count). The van der Waals surface area contributed by atoms with Crippen LogP contribution < -0.4 is 5.73 Å². The van der Waals surface area contributed by atoms with Crippen LogP contribution in [0.2, 0.25) is 0 Å². The van der Waals surface area contributed by atoms with Crippen LogP contribution in [-0.4, -0.2) is 21.1 Å². The summed E-state index contributed by atoms with van der Waals surface area (Å²) in [6.07, 6.45) is 1.31. The van der Waals surface area contributed by atoms with Crippen molar-refractivity contribution in [3.63, 3.8) is 0 Å². The number of nitrogens with two attached hydrogens (primary N) is 1. The summed E-state index contributed by atoms with van der Waals surface area (Å²) in [5.41, 5.74) is 5.50. The summed E-state index contributed by atoms with van der Waals surface area (Å²) in [5.74, 6) is -1.26. The minimum absolute atomic E-state index is 0.202. The number of aromatic nitrogens is 3. The molecular formula is C9H7FN4O2. The van der Waals surface area contributed by atoms with Crippen LogP contribution in [0, 0.1) is 5.82 Å². The highest BCUT2D eigenvalue weighted by Crippen LogP contribution is 2.06. The summed E-state index contributed by atoms with van der Waals surface area (Å²) in [7, 11) is 0. The van der Waals surface area contributed by atoms with Crippen LogP contribution in [0.3, 0.4) is 0 Å². The van der Waals surface area contributed by atoms with Crippen molar-refractivity contribution in [1.82, 2.24) is 15.2 Å². The van der Waals surface area contributed by atoms with Gasteiger partial charge in [0.05, 0.1) is 12.6 Å². The molecule has 0 aliphatic carbocycles. The monoisotopic (exact) mass is 222 g/mol. The zero-order valence-corrected chi connectivity index (χ0v) is 8.05. The van der Waals surface area contributed by atoms with Crippen LogP contribution in [-0.2, 0) is 6.42 Å². The molecule has 0 saturated heterocycles. The van der Waals surface area contributed by atoms with E-state index < -0.39 is 11.7 Å². The van der Waals surface area contributed by atoms with Crippen molar-refractivity contribution in [1.29, 1.82) is 0 Å². The first-order chi connectivity index (χ1) is 7.65. The molecule has 2 aromatic rings. The van der Waals surface area contributed by atoms with E-state index in [1.54, 1.807) is 0 Å². The molecule has 0 bridgehead atoms. The molecular weight excluding hydrogens is 215 g/mol. The van der Waals surface area contributed by atoms with Crippen molar-refractivity contribution in [2.45, 2.75) is 6.42 Å². The molecule has 0 saturated carbocycles. The number of pyridine rings is 1. The summed E-state index contributed by atoms with van der Waals surface area (Å²) in [6, 6.07) is 2.76. The van der Waals surface area contributed by atoms with Crippen LogP contribution in [0.5, 0.6) is 0 Å². The number of hydrogen-bond donors (Lipinski definition) is 1. The molecule has 0 aliphatic rings. The van der Waals surface area contributed by atoms with Gasteiger partial charge in [-0.3, -0.25) is 9.78 Å². The number of rotatable bonds is 3. The van der Waals surface area contributed by atoms with Crippen LogP contribution >= 0.6 is 0 Å². The van der Waals surface area contributed by atoms with E-state index in [1.165, 1.54) is 12.1 Å². The second-order valence-electron chi connectivity index (χ2n) is 3.01. The summed E-state index contributed by atoms with van der Waals surface area (Å²) >= 11 is 0. The van der Waals surface area contributed by atoms with E-state index in [1.807, 2.05) is 0 Å². The van der Waals surface area contributed by atoms with Gasteiger partial charge in [-0.15, -0.1) is 10.2 Å². The standard InChI is InChI=1S/C9H7FN4O2/c10-5-1-2-6(12-4-5)3-7-13-14-9(16-7)8(11)15/h1-2,4H,3H2,(H2,11,15). The third-order valence-electron chi connectivity index (χ3n) is 1.80. The first-order valence-corrected chi connectivity index (χ1v) is 4.38. The SMILES string of the molecule is NC(=O)c1nnc(Cc2ccc(F)cn2)o1. The minimum Gasteiger partial charge on any atom is -0.417 e. The number of carbonyl (C=O) groups is 1. The van der Waals surface area contributed by atoms with Crippen LogP contribution in [0.4, 0.5) is 4.39 Å². The van der Waals surface area contributed by atoms with E-state index in [4.69, 9.17) is 10.2 Å². The van der Waals surface area contributed by atoms with Gasteiger partial charge in [-0.1, -0.05) is 0 Å². The molecule has 0 unspecified atom stereocenters. The number of halogens is 1. The number of amides is 1. The van der Waals surface area contributed by atoms with E-state index in [0.29, 0.717) is 5.69 Å². The highest BCUT2D eigenvalue weighted by atomic mass is 19.1. The van der Waals surface area contributed by atoms with Crippen molar-refractivity contribution >= 4 is 5.91 Å². The molecule has 6 nitrogen and oxygen atoms in total. The topological polar surface area (TPSA) is 94.9 Å². The smallest absolute Gasteiger partial charge is 0.306 e. The molecule has 1 amide bonds. The average molecular weight is 222 g/mol. The van der Waals surface area contributed by atoms with Crippen LogP contribution in [0.1, 0.15) is 22.3 Å². The normalized spacial score (nSPS) is 10.3. The predicted octanol–water partition coefficient (Wildman–Crippen LogP) is 0.293. The number of carbonyl (C=O) groups excluding carboxylic acids is 1. The van der Waals surface area contributed by atoms with Crippen LogP contribution in [0.15, 0.2) is 22.7 Å². The lowest BCUT2D eigenvalue weighted by Crippen LogP contribution is -2.11. The van der Waals surface area contributed by atoms with Gasteiger partial charge in [0.25, 0.3) is 0 Å². The molecule has 0 atom stereocenters. The Bertz CT molecular complexity index is 508. The van der Waals surface area contributed by atoms with Crippen LogP contribution in [0.25, 0.3) is 0 Å².